The number of allylic oxidation sites excluding steroid dienone is 1. The summed E-state index contributed by atoms with van der Waals surface area (Å²) in [5, 5.41) is 12.1. The van der Waals surface area contributed by atoms with Gasteiger partial charge in [0.15, 0.2) is 0 Å². The third kappa shape index (κ3) is 4.11. The molecule has 0 N–H and O–H groups in total. The summed E-state index contributed by atoms with van der Waals surface area (Å²) in [6.45, 7) is 4.01. The lowest BCUT2D eigenvalue weighted by atomic mass is 10.2. The largest absolute Gasteiger partial charge is 0.407 e. The average molecular weight is 298 g/mol. The molecule has 0 aliphatic rings. The topological polar surface area (TPSA) is 52.4 Å². The van der Waals surface area contributed by atoms with Crippen LogP contribution in [0.25, 0.3) is 0 Å². The first-order valence-corrected chi connectivity index (χ1v) is 8.21. The van der Waals surface area contributed by atoms with Crippen molar-refractivity contribution >= 4 is 19.9 Å². The molecule has 4 nitrogen and oxygen atoms in total. The zero-order valence-electron chi connectivity index (χ0n) is 11.6. The monoisotopic (exact) mass is 298 g/mol. The second kappa shape index (κ2) is 7.52. The number of hydrogen-bond donors (Lipinski definition) is 0. The normalized spacial score (nSPS) is 10.5. The van der Waals surface area contributed by atoms with Crippen molar-refractivity contribution in [3.05, 3.63) is 82.9 Å². The molecule has 21 heavy (non-hydrogen) atoms. The third-order valence-electron chi connectivity index (χ3n) is 3.02. The second-order valence-corrected chi connectivity index (χ2v) is 6.58. The van der Waals surface area contributed by atoms with E-state index in [4.69, 9.17) is 4.43 Å². The first-order valence-electron chi connectivity index (χ1n) is 6.59. The minimum Gasteiger partial charge on any atom is -0.407 e. The lowest BCUT2D eigenvalue weighted by Crippen LogP contribution is -2.32. The van der Waals surface area contributed by atoms with Crippen LogP contribution in [0, 0.1) is 10.1 Å². The highest BCUT2D eigenvalue weighted by Gasteiger charge is 2.18. The van der Waals surface area contributed by atoms with Crippen LogP contribution in [0.3, 0.4) is 0 Å². The van der Waals surface area contributed by atoms with E-state index >= 15 is 0 Å². The zero-order chi connectivity index (χ0) is 15.1. The van der Waals surface area contributed by atoms with Crippen LogP contribution in [-0.4, -0.2) is 14.0 Å². The molecule has 2 aromatic rings. The van der Waals surface area contributed by atoms with Crippen LogP contribution >= 0.6 is 0 Å². The van der Waals surface area contributed by atoms with E-state index in [1.807, 2.05) is 36.4 Å². The van der Waals surface area contributed by atoms with E-state index in [0.29, 0.717) is 5.56 Å². The predicted octanol–water partition coefficient (Wildman–Crippen LogP) is 3.20. The Hall–Kier alpha value is -2.24. The third-order valence-corrected chi connectivity index (χ3v) is 5.15. The molecular formula is C16H16NO3Si. The van der Waals surface area contributed by atoms with E-state index in [1.54, 1.807) is 18.2 Å². The van der Waals surface area contributed by atoms with Crippen LogP contribution in [0.5, 0.6) is 0 Å². The molecule has 0 amide bonds. The van der Waals surface area contributed by atoms with Gasteiger partial charge in [0.2, 0.25) is 0 Å². The molecule has 0 heterocycles. The summed E-state index contributed by atoms with van der Waals surface area (Å²) >= 11 is 0. The molecule has 0 bridgehead atoms. The fourth-order valence-corrected chi connectivity index (χ4v) is 3.67. The van der Waals surface area contributed by atoms with Crippen molar-refractivity contribution in [2.45, 2.75) is 12.7 Å². The van der Waals surface area contributed by atoms with E-state index in [2.05, 4.69) is 6.58 Å². The van der Waals surface area contributed by atoms with Crippen molar-refractivity contribution < 1.29 is 9.35 Å². The summed E-state index contributed by atoms with van der Waals surface area (Å²) in [4.78, 5) is 10.6. The molecule has 0 spiro atoms. The van der Waals surface area contributed by atoms with Crippen molar-refractivity contribution in [3.8, 4) is 0 Å². The highest BCUT2D eigenvalue weighted by Crippen LogP contribution is 2.19. The van der Waals surface area contributed by atoms with Gasteiger partial charge in [0.1, 0.15) is 0 Å². The molecule has 0 saturated heterocycles. The first kappa shape index (κ1) is 15.2. The first-order chi connectivity index (χ1) is 10.2. The quantitative estimate of drug-likeness (QED) is 0.341. The van der Waals surface area contributed by atoms with Gasteiger partial charge < -0.3 is 4.43 Å². The Morgan fingerprint density at radius 2 is 1.81 bits per heavy atom. The SMILES string of the molecule is C=CC[Si](OCc1ccccc1[N+](=O)[O-])c1ccccc1. The smallest absolute Gasteiger partial charge is 0.274 e. The average Bonchev–Trinajstić information content (AvgIpc) is 2.52. The molecule has 0 unspecified atom stereocenters. The second-order valence-electron chi connectivity index (χ2n) is 4.46. The molecule has 0 saturated carbocycles. The summed E-state index contributed by atoms with van der Waals surface area (Å²) in [6.07, 6.45) is 1.83. The summed E-state index contributed by atoms with van der Waals surface area (Å²) < 4.78 is 5.97. The van der Waals surface area contributed by atoms with Crippen molar-refractivity contribution in [1.29, 1.82) is 0 Å². The number of nitrogens with zero attached hydrogens (tertiary/aromatic N) is 1. The lowest BCUT2D eigenvalue weighted by molar-refractivity contribution is -0.385. The van der Waals surface area contributed by atoms with Crippen LogP contribution in [0.2, 0.25) is 6.04 Å². The fraction of sp³-hybridized carbons (Fsp3) is 0.125. The van der Waals surface area contributed by atoms with Crippen molar-refractivity contribution in [2.75, 3.05) is 0 Å². The molecule has 2 rings (SSSR count). The Labute approximate surface area is 125 Å². The van der Waals surface area contributed by atoms with Crippen LogP contribution in [-0.2, 0) is 11.0 Å². The van der Waals surface area contributed by atoms with Crippen LogP contribution in [0.15, 0.2) is 67.3 Å². The van der Waals surface area contributed by atoms with Gasteiger partial charge >= 0.3 is 0 Å². The number of rotatable bonds is 7. The Morgan fingerprint density at radius 3 is 2.48 bits per heavy atom. The standard InChI is InChI=1S/C16H16NO3Si/c1-2-12-21(15-9-4-3-5-10-15)20-13-14-8-6-7-11-16(14)17(18)19/h2-11H,1,12-13H2. The molecule has 107 valence electrons. The molecule has 0 aromatic heterocycles. The van der Waals surface area contributed by atoms with Gasteiger partial charge in [0.05, 0.1) is 17.1 Å². The van der Waals surface area contributed by atoms with Gasteiger partial charge in [-0.05, 0) is 17.3 Å². The molecule has 5 heteroatoms. The van der Waals surface area contributed by atoms with Crippen molar-refractivity contribution in [2.24, 2.45) is 0 Å². The maximum atomic E-state index is 11.0. The van der Waals surface area contributed by atoms with E-state index < -0.39 is 9.04 Å². The van der Waals surface area contributed by atoms with E-state index in [9.17, 15) is 10.1 Å². The molecule has 2 aromatic carbocycles. The van der Waals surface area contributed by atoms with E-state index in [1.165, 1.54) is 6.07 Å². The number of nitro benzene ring substituents is 1. The van der Waals surface area contributed by atoms with E-state index in [0.717, 1.165) is 11.2 Å². The molecule has 0 aliphatic heterocycles. The predicted molar refractivity (Wildman–Crippen MR) is 84.7 cm³/mol. The number of para-hydroxylation sites is 1. The minimum absolute atomic E-state index is 0.102. The summed E-state index contributed by atoms with van der Waals surface area (Å²) in [7, 11) is -1.25. The summed E-state index contributed by atoms with van der Waals surface area (Å²) in [6, 6.07) is 17.4. The molecule has 1 radical (unpaired) electrons. The highest BCUT2D eigenvalue weighted by atomic mass is 28.3. The van der Waals surface area contributed by atoms with Crippen LogP contribution in [0.1, 0.15) is 5.56 Å². The maximum absolute atomic E-state index is 11.0. The number of hydrogen-bond acceptors (Lipinski definition) is 3. The van der Waals surface area contributed by atoms with Gasteiger partial charge in [0, 0.05) is 6.07 Å². The molecular weight excluding hydrogens is 282 g/mol. The summed E-state index contributed by atoms with van der Waals surface area (Å²) in [5.41, 5.74) is 0.704. The minimum atomic E-state index is -1.25. The Morgan fingerprint density at radius 1 is 1.14 bits per heavy atom. The molecule has 0 atom stereocenters. The number of nitro groups is 1. The Balaban J connectivity index is 2.13. The van der Waals surface area contributed by atoms with Gasteiger partial charge in [-0.3, -0.25) is 10.1 Å². The van der Waals surface area contributed by atoms with Gasteiger partial charge in [-0.2, -0.15) is 0 Å². The van der Waals surface area contributed by atoms with Crippen molar-refractivity contribution in [1.82, 2.24) is 0 Å². The van der Waals surface area contributed by atoms with Gasteiger partial charge in [-0.1, -0.05) is 48.5 Å². The van der Waals surface area contributed by atoms with Gasteiger partial charge in [0.25, 0.3) is 14.7 Å². The molecule has 0 aliphatic carbocycles. The van der Waals surface area contributed by atoms with Crippen LogP contribution in [0.4, 0.5) is 5.69 Å². The number of benzene rings is 2. The zero-order valence-corrected chi connectivity index (χ0v) is 12.6. The van der Waals surface area contributed by atoms with Gasteiger partial charge in [-0.25, -0.2) is 0 Å². The highest BCUT2D eigenvalue weighted by molar-refractivity contribution is 6.67. The molecule has 0 fully saturated rings. The Kier molecular flexibility index (Phi) is 5.42. The summed E-state index contributed by atoms with van der Waals surface area (Å²) in [5.74, 6) is 0. The Bertz CT molecular complexity index is 616. The van der Waals surface area contributed by atoms with Crippen LogP contribution < -0.4 is 5.19 Å². The van der Waals surface area contributed by atoms with E-state index in [-0.39, 0.29) is 17.2 Å². The van der Waals surface area contributed by atoms with Crippen molar-refractivity contribution in [3.63, 3.8) is 0 Å². The lowest BCUT2D eigenvalue weighted by Gasteiger charge is -2.14. The van der Waals surface area contributed by atoms with Gasteiger partial charge in [-0.15, -0.1) is 6.58 Å². The maximum Gasteiger partial charge on any atom is 0.274 e. The fourth-order valence-electron chi connectivity index (χ4n) is 1.99.